The Balaban J connectivity index is 2.19. The Hall–Kier alpha value is -0.790. The summed E-state index contributed by atoms with van der Waals surface area (Å²) in [5.41, 5.74) is 0. The first kappa shape index (κ1) is 13.3. The summed E-state index contributed by atoms with van der Waals surface area (Å²) in [4.78, 5) is 11.3. The van der Waals surface area contributed by atoms with Crippen LogP contribution in [0.25, 0.3) is 0 Å². The summed E-state index contributed by atoms with van der Waals surface area (Å²) < 4.78 is 5.16. The molecule has 0 bridgehead atoms. The summed E-state index contributed by atoms with van der Waals surface area (Å²) in [6.07, 6.45) is 15.6. The van der Waals surface area contributed by atoms with E-state index in [0.29, 0.717) is 13.0 Å². The Morgan fingerprint density at radius 3 is 2.25 bits per heavy atom. The second kappa shape index (κ2) is 9.44. The van der Waals surface area contributed by atoms with Gasteiger partial charge in [-0.05, 0) is 38.5 Å². The standard InChI is InChI=1S/C14H24O2/c15-14-12-10-8-6-4-2-1-3-5-7-9-11-13-16-14/h3,5H,1-2,4,6-13H2/b5-3-. The topological polar surface area (TPSA) is 26.3 Å². The minimum atomic E-state index is -0.00888. The third-order valence-corrected chi connectivity index (χ3v) is 2.95. The van der Waals surface area contributed by atoms with E-state index in [1.54, 1.807) is 0 Å². The summed E-state index contributed by atoms with van der Waals surface area (Å²) in [6.45, 7) is 0.604. The molecule has 0 amide bonds. The van der Waals surface area contributed by atoms with Gasteiger partial charge in [-0.2, -0.15) is 0 Å². The van der Waals surface area contributed by atoms with Gasteiger partial charge in [-0.25, -0.2) is 0 Å². The van der Waals surface area contributed by atoms with Gasteiger partial charge in [0, 0.05) is 6.42 Å². The minimum absolute atomic E-state index is 0.00888. The number of rotatable bonds is 0. The van der Waals surface area contributed by atoms with Crippen molar-refractivity contribution in [3.8, 4) is 0 Å². The fourth-order valence-corrected chi connectivity index (χ4v) is 1.92. The lowest BCUT2D eigenvalue weighted by Crippen LogP contribution is -2.05. The van der Waals surface area contributed by atoms with Crippen LogP contribution >= 0.6 is 0 Å². The van der Waals surface area contributed by atoms with Crippen molar-refractivity contribution in [2.45, 2.75) is 64.2 Å². The molecule has 2 heteroatoms. The highest BCUT2D eigenvalue weighted by molar-refractivity contribution is 5.69. The smallest absolute Gasteiger partial charge is 0.305 e. The number of carbonyl (C=O) groups excluding carboxylic acids is 1. The van der Waals surface area contributed by atoms with Crippen molar-refractivity contribution in [3.63, 3.8) is 0 Å². The number of esters is 1. The molecule has 92 valence electrons. The number of cyclic esters (lactones) is 1. The molecule has 0 fully saturated rings. The fraction of sp³-hybridized carbons (Fsp3) is 0.786. The lowest BCUT2D eigenvalue weighted by molar-refractivity contribution is -0.143. The zero-order valence-corrected chi connectivity index (χ0v) is 10.2. The maximum Gasteiger partial charge on any atom is 0.305 e. The second-order valence-electron chi connectivity index (χ2n) is 4.49. The highest BCUT2D eigenvalue weighted by atomic mass is 16.5. The average Bonchev–Trinajstić information content (AvgIpc) is 2.29. The van der Waals surface area contributed by atoms with Crippen LogP contribution in [-0.2, 0) is 9.53 Å². The van der Waals surface area contributed by atoms with Crippen LogP contribution in [0, 0.1) is 0 Å². The molecule has 0 radical (unpaired) electrons. The molecule has 0 saturated heterocycles. The number of ether oxygens (including phenoxy) is 1. The lowest BCUT2D eigenvalue weighted by atomic mass is 10.1. The molecular weight excluding hydrogens is 200 g/mol. The van der Waals surface area contributed by atoms with E-state index >= 15 is 0 Å². The first-order valence-corrected chi connectivity index (χ1v) is 6.70. The van der Waals surface area contributed by atoms with E-state index < -0.39 is 0 Å². The van der Waals surface area contributed by atoms with Gasteiger partial charge in [-0.1, -0.05) is 31.4 Å². The number of hydrogen-bond donors (Lipinski definition) is 0. The Morgan fingerprint density at radius 2 is 1.44 bits per heavy atom. The predicted octanol–water partition coefficient (Wildman–Crippen LogP) is 4.00. The first-order valence-electron chi connectivity index (χ1n) is 6.70. The molecule has 2 nitrogen and oxygen atoms in total. The second-order valence-corrected chi connectivity index (χ2v) is 4.49. The molecule has 1 aliphatic rings. The van der Waals surface area contributed by atoms with Crippen molar-refractivity contribution in [1.82, 2.24) is 0 Å². The Labute approximate surface area is 99.1 Å². The molecular formula is C14H24O2. The van der Waals surface area contributed by atoms with Crippen LogP contribution in [0.5, 0.6) is 0 Å². The average molecular weight is 224 g/mol. The van der Waals surface area contributed by atoms with Crippen LogP contribution in [0.15, 0.2) is 12.2 Å². The lowest BCUT2D eigenvalue weighted by Gasteiger charge is -2.03. The highest BCUT2D eigenvalue weighted by Crippen LogP contribution is 2.09. The zero-order chi connectivity index (χ0) is 11.5. The third-order valence-electron chi connectivity index (χ3n) is 2.95. The van der Waals surface area contributed by atoms with Gasteiger partial charge in [0.1, 0.15) is 0 Å². The predicted molar refractivity (Wildman–Crippen MR) is 66.3 cm³/mol. The van der Waals surface area contributed by atoms with E-state index in [-0.39, 0.29) is 5.97 Å². The fourth-order valence-electron chi connectivity index (χ4n) is 1.92. The molecule has 0 aromatic rings. The summed E-state index contributed by atoms with van der Waals surface area (Å²) in [6, 6.07) is 0. The summed E-state index contributed by atoms with van der Waals surface area (Å²) in [5, 5.41) is 0. The SMILES string of the molecule is O=C1CCCCCCC/C=C\CCCCO1. The van der Waals surface area contributed by atoms with Gasteiger partial charge in [0.2, 0.25) is 0 Å². The number of allylic oxidation sites excluding steroid dienone is 2. The Kier molecular flexibility index (Phi) is 7.83. The van der Waals surface area contributed by atoms with Gasteiger partial charge in [-0.3, -0.25) is 4.79 Å². The molecule has 0 saturated carbocycles. The van der Waals surface area contributed by atoms with Crippen LogP contribution in [0.2, 0.25) is 0 Å². The van der Waals surface area contributed by atoms with Gasteiger partial charge in [0.05, 0.1) is 6.61 Å². The van der Waals surface area contributed by atoms with Crippen LogP contribution < -0.4 is 0 Å². The molecule has 1 rings (SSSR count). The molecule has 0 N–H and O–H groups in total. The van der Waals surface area contributed by atoms with Crippen molar-refractivity contribution in [1.29, 1.82) is 0 Å². The quantitative estimate of drug-likeness (QED) is 0.459. The molecule has 0 aliphatic carbocycles. The van der Waals surface area contributed by atoms with Gasteiger partial charge in [0.15, 0.2) is 0 Å². The van der Waals surface area contributed by atoms with E-state index in [0.717, 1.165) is 25.7 Å². The van der Waals surface area contributed by atoms with Crippen molar-refractivity contribution < 1.29 is 9.53 Å². The van der Waals surface area contributed by atoms with E-state index in [1.165, 1.54) is 32.1 Å². The molecule has 0 aromatic carbocycles. The van der Waals surface area contributed by atoms with Gasteiger partial charge < -0.3 is 4.74 Å². The largest absolute Gasteiger partial charge is 0.466 e. The van der Waals surface area contributed by atoms with Crippen molar-refractivity contribution >= 4 is 5.97 Å². The molecule has 1 heterocycles. The van der Waals surface area contributed by atoms with Crippen LogP contribution in [0.3, 0.4) is 0 Å². The van der Waals surface area contributed by atoms with Crippen molar-refractivity contribution in [3.05, 3.63) is 12.2 Å². The number of carbonyl (C=O) groups is 1. The van der Waals surface area contributed by atoms with Crippen molar-refractivity contribution in [2.75, 3.05) is 6.61 Å². The number of hydrogen-bond acceptors (Lipinski definition) is 2. The molecule has 1 aliphatic heterocycles. The summed E-state index contributed by atoms with van der Waals surface area (Å²) >= 11 is 0. The van der Waals surface area contributed by atoms with Gasteiger partial charge >= 0.3 is 5.97 Å². The molecule has 0 spiro atoms. The molecule has 0 unspecified atom stereocenters. The molecule has 0 aromatic heterocycles. The van der Waals surface area contributed by atoms with Crippen LogP contribution in [-0.4, -0.2) is 12.6 Å². The van der Waals surface area contributed by atoms with Gasteiger partial charge in [0.25, 0.3) is 0 Å². The van der Waals surface area contributed by atoms with E-state index in [2.05, 4.69) is 12.2 Å². The first-order chi connectivity index (χ1) is 7.89. The summed E-state index contributed by atoms with van der Waals surface area (Å²) in [5.74, 6) is -0.00888. The van der Waals surface area contributed by atoms with E-state index in [4.69, 9.17) is 4.74 Å². The normalized spacial score (nSPS) is 23.9. The van der Waals surface area contributed by atoms with Crippen LogP contribution in [0.4, 0.5) is 0 Å². The van der Waals surface area contributed by atoms with E-state index in [9.17, 15) is 4.79 Å². The monoisotopic (exact) mass is 224 g/mol. The maximum atomic E-state index is 11.3. The molecule has 16 heavy (non-hydrogen) atoms. The van der Waals surface area contributed by atoms with Gasteiger partial charge in [-0.15, -0.1) is 0 Å². The zero-order valence-electron chi connectivity index (χ0n) is 10.2. The Morgan fingerprint density at radius 1 is 0.812 bits per heavy atom. The van der Waals surface area contributed by atoms with Crippen molar-refractivity contribution in [2.24, 2.45) is 0 Å². The molecule has 0 atom stereocenters. The van der Waals surface area contributed by atoms with Crippen LogP contribution in [0.1, 0.15) is 64.2 Å². The highest BCUT2D eigenvalue weighted by Gasteiger charge is 2.02. The van der Waals surface area contributed by atoms with E-state index in [1.807, 2.05) is 0 Å². The summed E-state index contributed by atoms with van der Waals surface area (Å²) in [7, 11) is 0. The maximum absolute atomic E-state index is 11.3. The Bertz CT molecular complexity index is 209. The third kappa shape index (κ3) is 7.49. The minimum Gasteiger partial charge on any atom is -0.466 e.